The van der Waals surface area contributed by atoms with Crippen molar-refractivity contribution in [2.45, 2.75) is 30.9 Å². The molecule has 1 aromatic heterocycles. The van der Waals surface area contributed by atoms with Gasteiger partial charge in [-0.1, -0.05) is 6.07 Å². The monoisotopic (exact) mass is 585 g/mol. The molecular weight excluding hydrogens is 559 g/mol. The first-order valence-corrected chi connectivity index (χ1v) is 11.4. The lowest BCUT2D eigenvalue weighted by atomic mass is 9.92. The van der Waals surface area contributed by atoms with Gasteiger partial charge in [0.1, 0.15) is 5.82 Å². The van der Waals surface area contributed by atoms with Gasteiger partial charge in [-0.3, -0.25) is 19.3 Å². The van der Waals surface area contributed by atoms with Crippen LogP contribution in [0.4, 0.5) is 36.4 Å². The van der Waals surface area contributed by atoms with Gasteiger partial charge in [0.25, 0.3) is 0 Å². The number of halogens is 7. The quantitative estimate of drug-likeness (QED) is 0.528. The van der Waals surface area contributed by atoms with E-state index >= 15 is 0 Å². The molecule has 2 N–H and O–H groups in total. The lowest BCUT2D eigenvalue weighted by Gasteiger charge is -2.47. The summed E-state index contributed by atoms with van der Waals surface area (Å²) in [5.74, 6) is -5.80. The maximum Gasteiger partial charge on any atom is 0.490 e. The van der Waals surface area contributed by atoms with Crippen LogP contribution in [0.3, 0.4) is 0 Å². The standard InChI is InChI=1S/C19H24FN5O.2C2HF3O2/c1-22-12-18(26)25(17-5-3-4-16(20)8-17)14-19(22)6-7-24(13-19)11-15-9-21-23(2)10-15;2*3-2(4,5)1(6)7/h3-5,8-10H,6-7,11-14H2,1-2H3;2*(H,6,7). The smallest absolute Gasteiger partial charge is 0.475 e. The maximum atomic E-state index is 13.6. The summed E-state index contributed by atoms with van der Waals surface area (Å²) in [5.41, 5.74) is 1.75. The van der Waals surface area contributed by atoms with Gasteiger partial charge in [-0.05, 0) is 31.7 Å². The highest BCUT2D eigenvalue weighted by Gasteiger charge is 2.47. The number of aryl methyl sites for hydroxylation is 1. The normalized spacial score (nSPS) is 20.0. The molecule has 1 amide bonds. The van der Waals surface area contributed by atoms with Gasteiger partial charge in [-0.2, -0.15) is 31.4 Å². The lowest BCUT2D eigenvalue weighted by molar-refractivity contribution is -0.193. The Morgan fingerprint density at radius 1 is 1.02 bits per heavy atom. The van der Waals surface area contributed by atoms with Crippen molar-refractivity contribution in [2.75, 3.05) is 38.1 Å². The van der Waals surface area contributed by atoms with Crippen LogP contribution in [0.5, 0.6) is 0 Å². The van der Waals surface area contributed by atoms with E-state index in [1.54, 1.807) is 11.0 Å². The minimum absolute atomic E-state index is 0.0226. The van der Waals surface area contributed by atoms with Gasteiger partial charge >= 0.3 is 24.3 Å². The number of carbonyl (C=O) groups is 3. The van der Waals surface area contributed by atoms with E-state index < -0.39 is 24.3 Å². The third-order valence-corrected chi connectivity index (χ3v) is 6.12. The van der Waals surface area contributed by atoms with E-state index in [9.17, 15) is 35.5 Å². The first-order chi connectivity index (χ1) is 18.3. The van der Waals surface area contributed by atoms with Crippen molar-refractivity contribution < 1.29 is 55.3 Å². The molecule has 0 aliphatic carbocycles. The molecule has 2 aliphatic rings. The van der Waals surface area contributed by atoms with Gasteiger partial charge < -0.3 is 15.1 Å². The molecule has 222 valence electrons. The fourth-order valence-corrected chi connectivity index (χ4v) is 4.17. The second-order valence-corrected chi connectivity index (χ2v) is 9.13. The summed E-state index contributed by atoms with van der Waals surface area (Å²) in [6, 6.07) is 6.32. The Morgan fingerprint density at radius 2 is 1.60 bits per heavy atom. The van der Waals surface area contributed by atoms with Gasteiger partial charge in [0, 0.05) is 50.7 Å². The van der Waals surface area contributed by atoms with Gasteiger partial charge in [0.2, 0.25) is 5.91 Å². The summed E-state index contributed by atoms with van der Waals surface area (Å²) in [6.45, 7) is 3.67. The number of rotatable bonds is 3. The van der Waals surface area contributed by atoms with Crippen LogP contribution in [-0.4, -0.2) is 98.8 Å². The van der Waals surface area contributed by atoms with E-state index in [1.165, 1.54) is 17.7 Å². The van der Waals surface area contributed by atoms with Crippen LogP contribution in [0.1, 0.15) is 12.0 Å². The van der Waals surface area contributed by atoms with Crippen LogP contribution in [0, 0.1) is 5.82 Å². The number of amides is 1. The molecule has 2 aromatic rings. The van der Waals surface area contributed by atoms with Crippen LogP contribution in [0.25, 0.3) is 0 Å². The molecule has 1 spiro atoms. The van der Waals surface area contributed by atoms with Gasteiger partial charge in [-0.25, -0.2) is 14.0 Å². The summed E-state index contributed by atoms with van der Waals surface area (Å²) in [6.07, 6.45) is -5.24. The number of likely N-dealkylation sites (N-methyl/N-ethyl adjacent to an activating group) is 1. The second-order valence-electron chi connectivity index (χ2n) is 9.13. The molecule has 4 rings (SSSR count). The number of aliphatic carboxylic acids is 2. The van der Waals surface area contributed by atoms with E-state index in [1.807, 2.05) is 37.2 Å². The first-order valence-electron chi connectivity index (χ1n) is 11.4. The summed E-state index contributed by atoms with van der Waals surface area (Å²) < 4.78 is 78.9. The molecule has 0 saturated carbocycles. The average Bonchev–Trinajstić information content (AvgIpc) is 3.42. The van der Waals surface area contributed by atoms with Crippen LogP contribution >= 0.6 is 0 Å². The molecule has 1 aromatic carbocycles. The number of carbonyl (C=O) groups excluding carboxylic acids is 1. The number of alkyl halides is 6. The molecule has 10 nitrogen and oxygen atoms in total. The number of aromatic nitrogens is 2. The molecule has 2 aliphatic heterocycles. The number of carboxylic acids is 2. The van der Waals surface area contributed by atoms with Crippen LogP contribution in [0.15, 0.2) is 36.7 Å². The SMILES string of the molecule is CN1CC(=O)N(c2cccc(F)c2)CC12CCN(Cc1cnn(C)c1)C2.O=C(O)C(F)(F)F.O=C(O)C(F)(F)F. The number of piperazine rings is 1. The molecule has 40 heavy (non-hydrogen) atoms. The molecule has 2 saturated heterocycles. The van der Waals surface area contributed by atoms with E-state index in [2.05, 4.69) is 14.9 Å². The fraction of sp³-hybridized carbons (Fsp3) is 0.478. The predicted octanol–water partition coefficient (Wildman–Crippen LogP) is 2.75. The number of anilines is 1. The Kier molecular flexibility index (Phi) is 10.3. The molecule has 1 atom stereocenters. The molecule has 17 heteroatoms. The average molecular weight is 585 g/mol. The highest BCUT2D eigenvalue weighted by atomic mass is 19.4. The van der Waals surface area contributed by atoms with Crippen molar-refractivity contribution in [2.24, 2.45) is 7.05 Å². The number of likely N-dealkylation sites (tertiary alicyclic amines) is 1. The van der Waals surface area contributed by atoms with Crippen molar-refractivity contribution in [3.8, 4) is 0 Å². The maximum absolute atomic E-state index is 13.6. The van der Waals surface area contributed by atoms with Gasteiger partial charge in [-0.15, -0.1) is 0 Å². The third kappa shape index (κ3) is 8.90. The number of hydrogen-bond donors (Lipinski definition) is 2. The van der Waals surface area contributed by atoms with Crippen molar-refractivity contribution in [1.29, 1.82) is 0 Å². The summed E-state index contributed by atoms with van der Waals surface area (Å²) >= 11 is 0. The third-order valence-electron chi connectivity index (χ3n) is 6.12. The Labute approximate surface area is 223 Å². The molecular formula is C23H26F7N5O5. The number of benzene rings is 1. The fourth-order valence-electron chi connectivity index (χ4n) is 4.17. The Balaban J connectivity index is 0.000000333. The van der Waals surface area contributed by atoms with E-state index in [0.29, 0.717) is 18.8 Å². The van der Waals surface area contributed by atoms with Gasteiger partial charge in [0.05, 0.1) is 18.3 Å². The minimum atomic E-state index is -5.08. The number of hydrogen-bond acceptors (Lipinski definition) is 6. The number of nitrogens with zero attached hydrogens (tertiary/aromatic N) is 5. The Bertz CT molecular complexity index is 1180. The summed E-state index contributed by atoms with van der Waals surface area (Å²) in [7, 11) is 3.95. The summed E-state index contributed by atoms with van der Waals surface area (Å²) in [5, 5.41) is 18.5. The topological polar surface area (TPSA) is 119 Å². The van der Waals surface area contributed by atoms with Crippen LogP contribution < -0.4 is 4.90 Å². The lowest BCUT2D eigenvalue weighted by Crippen LogP contribution is -2.64. The van der Waals surface area contributed by atoms with E-state index in [0.717, 1.165) is 26.1 Å². The van der Waals surface area contributed by atoms with E-state index in [-0.39, 0.29) is 17.3 Å². The highest BCUT2D eigenvalue weighted by molar-refractivity contribution is 5.96. The van der Waals surface area contributed by atoms with Crippen molar-refractivity contribution in [1.82, 2.24) is 19.6 Å². The minimum Gasteiger partial charge on any atom is -0.475 e. The molecule has 0 bridgehead atoms. The molecule has 0 radical (unpaired) electrons. The Morgan fingerprint density at radius 3 is 2.08 bits per heavy atom. The molecule has 3 heterocycles. The van der Waals surface area contributed by atoms with Crippen LogP contribution in [0.2, 0.25) is 0 Å². The van der Waals surface area contributed by atoms with Crippen molar-refractivity contribution in [3.05, 3.63) is 48.0 Å². The predicted molar refractivity (Wildman–Crippen MR) is 125 cm³/mol. The molecule has 2 fully saturated rings. The molecule has 1 unspecified atom stereocenters. The highest BCUT2D eigenvalue weighted by Crippen LogP contribution is 2.34. The zero-order chi connectivity index (χ0) is 30.5. The van der Waals surface area contributed by atoms with Crippen molar-refractivity contribution >= 4 is 23.5 Å². The summed E-state index contributed by atoms with van der Waals surface area (Å²) in [4.78, 5) is 36.7. The first kappa shape index (κ1) is 32.5. The number of carboxylic acid groups (broad SMARTS) is 2. The second kappa shape index (κ2) is 12.6. The largest absolute Gasteiger partial charge is 0.490 e. The van der Waals surface area contributed by atoms with E-state index in [4.69, 9.17) is 19.8 Å². The van der Waals surface area contributed by atoms with Crippen LogP contribution in [-0.2, 0) is 28.0 Å². The van der Waals surface area contributed by atoms with Gasteiger partial charge in [0.15, 0.2) is 0 Å². The van der Waals surface area contributed by atoms with Crippen molar-refractivity contribution in [3.63, 3.8) is 0 Å². The Hall–Kier alpha value is -3.73. The zero-order valence-corrected chi connectivity index (χ0v) is 21.2. The zero-order valence-electron chi connectivity index (χ0n) is 21.2.